The summed E-state index contributed by atoms with van der Waals surface area (Å²) in [6, 6.07) is 24.2. The third kappa shape index (κ3) is 5.91. The number of anilines is 1. The van der Waals surface area contributed by atoms with Gasteiger partial charge < -0.3 is 9.80 Å². The Kier molecular flexibility index (Phi) is 9.12. The largest absolute Gasteiger partial charge is 0.371 e. The average molecular weight is 611 g/mol. The number of hydrogen-bond donors (Lipinski definition) is 0. The normalized spacial score (nSPS) is 23.2. The molecule has 3 aromatic rings. The Morgan fingerprint density at radius 1 is 0.955 bits per heavy atom. The minimum atomic E-state index is -3.55. The molecule has 1 saturated carbocycles. The van der Waals surface area contributed by atoms with Crippen LogP contribution in [0.25, 0.3) is 0 Å². The molecule has 3 fully saturated rings. The van der Waals surface area contributed by atoms with Gasteiger partial charge in [-0.25, -0.2) is 8.42 Å². The van der Waals surface area contributed by atoms with Gasteiger partial charge in [0.1, 0.15) is 0 Å². The highest BCUT2D eigenvalue weighted by atomic mass is 32.2. The van der Waals surface area contributed by atoms with Gasteiger partial charge in [-0.15, -0.1) is 0 Å². The molecule has 2 saturated heterocycles. The van der Waals surface area contributed by atoms with E-state index in [0.717, 1.165) is 51.3 Å². The first-order chi connectivity index (χ1) is 21.3. The maximum absolute atomic E-state index is 13.1. The number of piperidine rings is 1. The van der Waals surface area contributed by atoms with Gasteiger partial charge in [-0.2, -0.15) is 5.26 Å². The lowest BCUT2D eigenvalue weighted by molar-refractivity contribution is 0.0893. The number of rotatable bonds is 10. The molecule has 6 rings (SSSR count). The van der Waals surface area contributed by atoms with Crippen molar-refractivity contribution in [2.75, 3.05) is 37.6 Å². The number of pyridine rings is 1. The van der Waals surface area contributed by atoms with Crippen LogP contribution in [0, 0.1) is 41.9 Å². The SMILES string of the molecule is CCC[C@@H]1CCC[C@H]1C(C#N)(c1ccccc1)C1CCN(CC2CN(c3ccc(S(=O)(=O)c4ccnc(C)c4)cc3)C2)CC1. The third-order valence-corrected chi connectivity index (χ3v) is 12.5. The number of likely N-dealkylation sites (tertiary alicyclic amines) is 1. The quantitative estimate of drug-likeness (QED) is 0.245. The van der Waals surface area contributed by atoms with Crippen LogP contribution in [0.2, 0.25) is 0 Å². The molecular formula is C37H46N4O2S. The summed E-state index contributed by atoms with van der Waals surface area (Å²) in [5.74, 6) is 2.13. The molecule has 7 heteroatoms. The molecule has 3 aliphatic rings. The molecule has 0 bridgehead atoms. The highest BCUT2D eigenvalue weighted by molar-refractivity contribution is 7.91. The van der Waals surface area contributed by atoms with Crippen LogP contribution in [0.4, 0.5) is 5.69 Å². The van der Waals surface area contributed by atoms with E-state index in [1.165, 1.54) is 37.7 Å². The van der Waals surface area contributed by atoms with Gasteiger partial charge in [0, 0.05) is 43.1 Å². The lowest BCUT2D eigenvalue weighted by atomic mass is 9.58. The van der Waals surface area contributed by atoms with Gasteiger partial charge in [-0.1, -0.05) is 62.9 Å². The van der Waals surface area contributed by atoms with E-state index in [2.05, 4.69) is 58.1 Å². The summed E-state index contributed by atoms with van der Waals surface area (Å²) in [6.45, 7) is 9.27. The fraction of sp³-hybridized carbons (Fsp3) is 0.514. The molecule has 1 aromatic heterocycles. The first kappa shape index (κ1) is 30.8. The Morgan fingerprint density at radius 2 is 1.68 bits per heavy atom. The Labute approximate surface area is 264 Å². The first-order valence-corrected chi connectivity index (χ1v) is 18.1. The zero-order valence-electron chi connectivity index (χ0n) is 26.2. The second-order valence-electron chi connectivity index (χ2n) is 13.4. The zero-order chi connectivity index (χ0) is 30.7. The van der Waals surface area contributed by atoms with Gasteiger partial charge in [0.25, 0.3) is 0 Å². The zero-order valence-corrected chi connectivity index (χ0v) is 27.1. The number of aryl methyl sites for hydroxylation is 1. The molecule has 2 aromatic carbocycles. The van der Waals surface area contributed by atoms with Crippen molar-refractivity contribution >= 4 is 15.5 Å². The predicted molar refractivity (Wildman–Crippen MR) is 175 cm³/mol. The van der Waals surface area contributed by atoms with Crippen molar-refractivity contribution in [3.8, 4) is 6.07 Å². The van der Waals surface area contributed by atoms with Crippen molar-refractivity contribution in [3.05, 3.63) is 84.2 Å². The first-order valence-electron chi connectivity index (χ1n) is 16.6. The molecule has 3 heterocycles. The van der Waals surface area contributed by atoms with Crippen LogP contribution in [0.5, 0.6) is 0 Å². The summed E-state index contributed by atoms with van der Waals surface area (Å²) in [7, 11) is -3.55. The number of benzene rings is 2. The molecule has 1 aliphatic carbocycles. The summed E-state index contributed by atoms with van der Waals surface area (Å²) in [4.78, 5) is 9.68. The molecule has 1 unspecified atom stereocenters. The molecule has 0 N–H and O–H groups in total. The minimum absolute atomic E-state index is 0.283. The van der Waals surface area contributed by atoms with Gasteiger partial charge >= 0.3 is 0 Å². The van der Waals surface area contributed by atoms with Crippen LogP contribution in [0.3, 0.4) is 0 Å². The fourth-order valence-corrected chi connectivity index (χ4v) is 9.88. The van der Waals surface area contributed by atoms with E-state index in [4.69, 9.17) is 0 Å². The van der Waals surface area contributed by atoms with E-state index in [0.29, 0.717) is 34.3 Å². The monoisotopic (exact) mass is 610 g/mol. The van der Waals surface area contributed by atoms with Gasteiger partial charge in [-0.05, 0) is 99.0 Å². The third-order valence-electron chi connectivity index (χ3n) is 10.7. The summed E-state index contributed by atoms with van der Waals surface area (Å²) in [5, 5.41) is 11.0. The Morgan fingerprint density at radius 3 is 2.34 bits per heavy atom. The van der Waals surface area contributed by atoms with E-state index in [9.17, 15) is 13.7 Å². The number of nitriles is 1. The Hall–Kier alpha value is -3.21. The lowest BCUT2D eigenvalue weighted by Gasteiger charge is -2.48. The van der Waals surface area contributed by atoms with Crippen molar-refractivity contribution in [1.82, 2.24) is 9.88 Å². The minimum Gasteiger partial charge on any atom is -0.371 e. The van der Waals surface area contributed by atoms with Crippen LogP contribution in [-0.2, 0) is 15.3 Å². The molecule has 0 spiro atoms. The average Bonchev–Trinajstić information content (AvgIpc) is 3.49. The lowest BCUT2D eigenvalue weighted by Crippen LogP contribution is -2.54. The van der Waals surface area contributed by atoms with Crippen LogP contribution >= 0.6 is 0 Å². The summed E-state index contributed by atoms with van der Waals surface area (Å²) < 4.78 is 26.1. The maximum Gasteiger partial charge on any atom is 0.206 e. The Balaban J connectivity index is 1.06. The molecule has 2 aliphatic heterocycles. The summed E-state index contributed by atoms with van der Waals surface area (Å²) in [5.41, 5.74) is 2.63. The summed E-state index contributed by atoms with van der Waals surface area (Å²) >= 11 is 0. The molecule has 44 heavy (non-hydrogen) atoms. The number of aromatic nitrogens is 1. The van der Waals surface area contributed by atoms with Gasteiger partial charge in [-0.3, -0.25) is 4.98 Å². The number of hydrogen-bond acceptors (Lipinski definition) is 6. The highest BCUT2D eigenvalue weighted by Gasteiger charge is 2.51. The van der Waals surface area contributed by atoms with Gasteiger partial charge in [0.15, 0.2) is 0 Å². The van der Waals surface area contributed by atoms with E-state index < -0.39 is 9.84 Å². The molecule has 0 radical (unpaired) electrons. The standard InChI is InChI=1S/C37H46N4O2S/c1-3-8-30-9-7-12-36(30)37(27-38,31-10-5-4-6-11-31)32-18-21-40(22-19-32)24-29-25-41(26-29)33-13-15-34(16-14-33)44(42,43)35-17-20-39-28(2)23-35/h4-6,10-11,13-17,20,23,29-30,32,36H,3,7-9,12,18-19,21-22,24-26H2,1-2H3/t30-,36-,37?/m1/s1. The fourth-order valence-electron chi connectivity index (χ4n) is 8.55. The van der Waals surface area contributed by atoms with Crippen molar-refractivity contribution in [3.63, 3.8) is 0 Å². The van der Waals surface area contributed by atoms with Crippen molar-refractivity contribution in [1.29, 1.82) is 5.26 Å². The van der Waals surface area contributed by atoms with Crippen molar-refractivity contribution < 1.29 is 8.42 Å². The molecule has 232 valence electrons. The topological polar surface area (TPSA) is 77.3 Å². The Bertz CT molecular complexity index is 1550. The molecule has 0 amide bonds. The molecular weight excluding hydrogens is 565 g/mol. The van der Waals surface area contributed by atoms with Crippen LogP contribution in [-0.4, -0.2) is 51.0 Å². The van der Waals surface area contributed by atoms with Crippen molar-refractivity contribution in [2.45, 2.75) is 74.0 Å². The van der Waals surface area contributed by atoms with Gasteiger partial charge in [0.2, 0.25) is 9.84 Å². The smallest absolute Gasteiger partial charge is 0.206 e. The van der Waals surface area contributed by atoms with E-state index in [-0.39, 0.29) is 10.3 Å². The van der Waals surface area contributed by atoms with Gasteiger partial charge in [0.05, 0.1) is 21.3 Å². The van der Waals surface area contributed by atoms with Crippen LogP contribution in [0.15, 0.2) is 82.7 Å². The molecule has 6 nitrogen and oxygen atoms in total. The van der Waals surface area contributed by atoms with Crippen LogP contribution < -0.4 is 4.90 Å². The van der Waals surface area contributed by atoms with E-state index in [1.807, 2.05) is 12.1 Å². The summed E-state index contributed by atoms with van der Waals surface area (Å²) in [6.07, 6.45) is 9.86. The number of nitrogens with zero attached hydrogens (tertiary/aromatic N) is 4. The maximum atomic E-state index is 13.1. The molecule has 3 atom stereocenters. The second-order valence-corrected chi connectivity index (χ2v) is 15.4. The highest BCUT2D eigenvalue weighted by Crippen LogP contribution is 2.53. The number of sulfone groups is 1. The van der Waals surface area contributed by atoms with E-state index in [1.54, 1.807) is 37.4 Å². The van der Waals surface area contributed by atoms with Crippen LogP contribution in [0.1, 0.15) is 63.1 Å². The van der Waals surface area contributed by atoms with Crippen molar-refractivity contribution in [2.24, 2.45) is 23.7 Å². The second kappa shape index (κ2) is 13.0. The predicted octanol–water partition coefficient (Wildman–Crippen LogP) is 7.05. The van der Waals surface area contributed by atoms with E-state index >= 15 is 0 Å².